The third-order valence-corrected chi connectivity index (χ3v) is 1.09. The van der Waals surface area contributed by atoms with E-state index in [2.05, 4.69) is 0 Å². The van der Waals surface area contributed by atoms with Gasteiger partial charge in [0.05, 0.1) is 6.10 Å². The van der Waals surface area contributed by atoms with E-state index in [9.17, 15) is 0 Å². The molecule has 62 valence electrons. The van der Waals surface area contributed by atoms with Crippen molar-refractivity contribution in [3.63, 3.8) is 0 Å². The summed E-state index contributed by atoms with van der Waals surface area (Å²) < 4.78 is 10.3. The Labute approximate surface area is 62.5 Å². The second kappa shape index (κ2) is 5.65. The summed E-state index contributed by atoms with van der Waals surface area (Å²) in [6.07, 6.45) is 0.829. The van der Waals surface area contributed by atoms with E-state index in [0.29, 0.717) is 6.54 Å². The van der Waals surface area contributed by atoms with Crippen LogP contribution in [0.4, 0.5) is 0 Å². The van der Waals surface area contributed by atoms with Crippen molar-refractivity contribution in [3.05, 3.63) is 0 Å². The zero-order valence-electron chi connectivity index (χ0n) is 6.96. The lowest BCUT2D eigenvalue weighted by Gasteiger charge is -2.17. The van der Waals surface area contributed by atoms with Crippen molar-refractivity contribution in [3.8, 4) is 0 Å². The van der Waals surface area contributed by atoms with Gasteiger partial charge in [-0.2, -0.15) is 0 Å². The number of hydrogen-bond donors (Lipinski definition) is 1. The van der Waals surface area contributed by atoms with E-state index in [-0.39, 0.29) is 12.4 Å². The van der Waals surface area contributed by atoms with Crippen LogP contribution >= 0.6 is 0 Å². The summed E-state index contributed by atoms with van der Waals surface area (Å²) in [7, 11) is 1.63. The number of nitrogens with two attached hydrogens (primary N) is 1. The van der Waals surface area contributed by atoms with Gasteiger partial charge in [0.25, 0.3) is 0 Å². The van der Waals surface area contributed by atoms with E-state index in [1.165, 1.54) is 0 Å². The molecule has 0 spiro atoms. The molecule has 0 aromatic rings. The summed E-state index contributed by atoms with van der Waals surface area (Å²) in [5, 5.41) is 0. The summed E-state index contributed by atoms with van der Waals surface area (Å²) in [5.41, 5.74) is 5.32. The molecule has 2 N–H and O–H groups in total. The van der Waals surface area contributed by atoms with Crippen LogP contribution in [0.1, 0.15) is 20.3 Å². The van der Waals surface area contributed by atoms with E-state index in [1.807, 2.05) is 13.8 Å². The van der Waals surface area contributed by atoms with Crippen LogP contribution in [0.3, 0.4) is 0 Å². The van der Waals surface area contributed by atoms with Gasteiger partial charge in [-0.25, -0.2) is 0 Å². The molecule has 0 aromatic heterocycles. The van der Waals surface area contributed by atoms with E-state index in [4.69, 9.17) is 15.2 Å². The Morgan fingerprint density at radius 2 is 2.00 bits per heavy atom. The first-order chi connectivity index (χ1) is 4.70. The lowest BCUT2D eigenvalue weighted by molar-refractivity contribution is -0.147. The molecule has 0 heterocycles. The molecular formula is C7H17NO2. The zero-order chi connectivity index (χ0) is 7.98. The van der Waals surface area contributed by atoms with Crippen molar-refractivity contribution in [2.75, 3.05) is 13.7 Å². The first kappa shape index (κ1) is 9.88. The molecule has 3 heteroatoms. The fraction of sp³-hybridized carbons (Fsp3) is 1.00. The van der Waals surface area contributed by atoms with Crippen LogP contribution in [0.25, 0.3) is 0 Å². The van der Waals surface area contributed by atoms with Crippen LogP contribution in [0.2, 0.25) is 0 Å². The second-order valence-corrected chi connectivity index (χ2v) is 2.43. The smallest absolute Gasteiger partial charge is 0.158 e. The summed E-state index contributed by atoms with van der Waals surface area (Å²) in [4.78, 5) is 0. The van der Waals surface area contributed by atoms with Crippen molar-refractivity contribution in [1.82, 2.24) is 0 Å². The predicted molar refractivity (Wildman–Crippen MR) is 40.7 cm³/mol. The number of hydrogen-bond acceptors (Lipinski definition) is 3. The first-order valence-corrected chi connectivity index (χ1v) is 3.59. The van der Waals surface area contributed by atoms with Crippen molar-refractivity contribution < 1.29 is 9.47 Å². The van der Waals surface area contributed by atoms with E-state index in [1.54, 1.807) is 7.11 Å². The highest BCUT2D eigenvalue weighted by Gasteiger charge is 2.06. The SMILES string of the molecule is COC(CCN)OC(C)C. The van der Waals surface area contributed by atoms with Crippen LogP contribution in [0.15, 0.2) is 0 Å². The molecule has 0 amide bonds. The Morgan fingerprint density at radius 3 is 2.30 bits per heavy atom. The Kier molecular flexibility index (Phi) is 5.58. The molecule has 1 atom stereocenters. The molecule has 3 nitrogen and oxygen atoms in total. The highest BCUT2D eigenvalue weighted by atomic mass is 16.7. The van der Waals surface area contributed by atoms with Gasteiger partial charge in [0.15, 0.2) is 6.29 Å². The van der Waals surface area contributed by atoms with Gasteiger partial charge in [-0.15, -0.1) is 0 Å². The van der Waals surface area contributed by atoms with Gasteiger partial charge in [-0.3, -0.25) is 0 Å². The van der Waals surface area contributed by atoms with Gasteiger partial charge in [0.2, 0.25) is 0 Å². The fourth-order valence-electron chi connectivity index (χ4n) is 0.681. The summed E-state index contributed by atoms with van der Waals surface area (Å²) in [5.74, 6) is 0. The first-order valence-electron chi connectivity index (χ1n) is 3.59. The molecular weight excluding hydrogens is 130 g/mol. The molecule has 0 saturated heterocycles. The molecule has 0 aliphatic rings. The lowest BCUT2D eigenvalue weighted by Crippen LogP contribution is -2.22. The van der Waals surface area contributed by atoms with Gasteiger partial charge in [-0.05, 0) is 20.4 Å². The maximum Gasteiger partial charge on any atom is 0.158 e. The van der Waals surface area contributed by atoms with Crippen molar-refractivity contribution in [2.24, 2.45) is 5.73 Å². The Hall–Kier alpha value is -0.120. The maximum absolute atomic E-state index is 5.34. The van der Waals surface area contributed by atoms with Crippen LogP contribution in [0.5, 0.6) is 0 Å². The maximum atomic E-state index is 5.34. The summed E-state index contributed by atoms with van der Waals surface area (Å²) in [6.45, 7) is 4.55. The van der Waals surface area contributed by atoms with Crippen LogP contribution in [0, 0.1) is 0 Å². The molecule has 0 saturated carbocycles. The van der Waals surface area contributed by atoms with E-state index in [0.717, 1.165) is 6.42 Å². The number of methoxy groups -OCH3 is 1. The topological polar surface area (TPSA) is 44.5 Å². The predicted octanol–water partition coefficient (Wildman–Crippen LogP) is 0.733. The van der Waals surface area contributed by atoms with Crippen molar-refractivity contribution in [1.29, 1.82) is 0 Å². The van der Waals surface area contributed by atoms with Gasteiger partial charge < -0.3 is 15.2 Å². The Morgan fingerprint density at radius 1 is 1.40 bits per heavy atom. The normalized spacial score (nSPS) is 14.1. The van der Waals surface area contributed by atoms with Gasteiger partial charge >= 0.3 is 0 Å². The van der Waals surface area contributed by atoms with Gasteiger partial charge in [-0.1, -0.05) is 0 Å². The zero-order valence-corrected chi connectivity index (χ0v) is 6.96. The number of rotatable bonds is 5. The molecule has 1 unspecified atom stereocenters. The molecule has 0 aliphatic carbocycles. The lowest BCUT2D eigenvalue weighted by atomic mass is 10.4. The van der Waals surface area contributed by atoms with Crippen LogP contribution in [-0.4, -0.2) is 26.0 Å². The standard InChI is InChI=1S/C7H17NO2/c1-6(2)10-7(9-3)4-5-8/h6-7H,4-5,8H2,1-3H3. The fourth-order valence-corrected chi connectivity index (χ4v) is 0.681. The molecule has 0 aromatic carbocycles. The Balaban J connectivity index is 3.39. The minimum absolute atomic E-state index is 0.134. The van der Waals surface area contributed by atoms with Crippen LogP contribution < -0.4 is 5.73 Å². The molecule has 0 fully saturated rings. The van der Waals surface area contributed by atoms with Crippen molar-refractivity contribution in [2.45, 2.75) is 32.7 Å². The summed E-state index contributed by atoms with van der Waals surface area (Å²) in [6, 6.07) is 0. The van der Waals surface area contributed by atoms with Gasteiger partial charge in [0, 0.05) is 13.5 Å². The largest absolute Gasteiger partial charge is 0.356 e. The van der Waals surface area contributed by atoms with E-state index < -0.39 is 0 Å². The molecule has 0 aliphatic heterocycles. The highest BCUT2D eigenvalue weighted by molar-refractivity contribution is 4.47. The second-order valence-electron chi connectivity index (χ2n) is 2.43. The Bertz CT molecular complexity index is 76.0. The van der Waals surface area contributed by atoms with Gasteiger partial charge in [0.1, 0.15) is 0 Å². The molecule has 0 radical (unpaired) electrons. The average molecular weight is 147 g/mol. The third kappa shape index (κ3) is 4.73. The molecule has 0 bridgehead atoms. The summed E-state index contributed by atoms with van der Waals surface area (Å²) >= 11 is 0. The molecule has 0 rings (SSSR count). The molecule has 10 heavy (non-hydrogen) atoms. The minimum atomic E-state index is -0.134. The average Bonchev–Trinajstić information content (AvgIpc) is 1.86. The monoisotopic (exact) mass is 147 g/mol. The highest BCUT2D eigenvalue weighted by Crippen LogP contribution is 2.01. The van der Waals surface area contributed by atoms with Crippen LogP contribution in [-0.2, 0) is 9.47 Å². The quantitative estimate of drug-likeness (QED) is 0.583. The number of ether oxygens (including phenoxy) is 2. The van der Waals surface area contributed by atoms with Crippen molar-refractivity contribution >= 4 is 0 Å². The van der Waals surface area contributed by atoms with E-state index >= 15 is 0 Å². The third-order valence-electron chi connectivity index (χ3n) is 1.09. The minimum Gasteiger partial charge on any atom is -0.356 e.